The monoisotopic (exact) mass is 262 g/mol. The zero-order valence-corrected chi connectivity index (χ0v) is 10.6. The Labute approximate surface area is 94.4 Å². The van der Waals surface area contributed by atoms with Crippen molar-refractivity contribution in [3.05, 3.63) is 0 Å². The molecule has 0 aromatic rings. The van der Waals surface area contributed by atoms with E-state index >= 15 is 0 Å². The summed E-state index contributed by atoms with van der Waals surface area (Å²) in [5, 5.41) is 2.25. The Bertz CT molecular complexity index is 154. The van der Waals surface area contributed by atoms with Crippen LogP contribution in [0.5, 0.6) is 0 Å². The molecule has 2 rings (SSSR count). The first kappa shape index (κ1) is 10.4. The lowest BCUT2D eigenvalue weighted by Gasteiger charge is -2.40. The second-order valence-electron chi connectivity index (χ2n) is 4.70. The van der Waals surface area contributed by atoms with Crippen LogP contribution < -0.4 is 0 Å². The smallest absolute Gasteiger partial charge is 0.00958 e. The van der Waals surface area contributed by atoms with Crippen molar-refractivity contribution in [2.24, 2.45) is 5.41 Å². The van der Waals surface area contributed by atoms with Gasteiger partial charge in [-0.3, -0.25) is 0 Å². The molecule has 0 bridgehead atoms. The molecule has 0 spiro atoms. The van der Waals surface area contributed by atoms with Crippen LogP contribution in [0.1, 0.15) is 44.9 Å². The van der Waals surface area contributed by atoms with Gasteiger partial charge in [-0.05, 0) is 36.9 Å². The van der Waals surface area contributed by atoms with Crippen molar-refractivity contribution < 1.29 is 0 Å². The average Bonchev–Trinajstić information content (AvgIpc) is 2.56. The van der Waals surface area contributed by atoms with Crippen molar-refractivity contribution in [3.8, 4) is 0 Å². The molecule has 0 saturated heterocycles. The molecule has 0 N–H and O–H groups in total. The molecule has 2 heteroatoms. The fourth-order valence-electron chi connectivity index (χ4n) is 2.34. The molecule has 0 atom stereocenters. The van der Waals surface area contributed by atoms with Gasteiger partial charge in [-0.25, -0.2) is 0 Å². The molecule has 2 fully saturated rings. The highest BCUT2D eigenvalue weighted by atomic mass is 79.9. The van der Waals surface area contributed by atoms with Crippen molar-refractivity contribution >= 4 is 27.7 Å². The Morgan fingerprint density at radius 3 is 2.31 bits per heavy atom. The maximum absolute atomic E-state index is 3.68. The molecule has 0 nitrogen and oxygen atoms in total. The fraction of sp³-hybridized carbons (Fsp3) is 1.00. The Morgan fingerprint density at radius 1 is 1.15 bits per heavy atom. The maximum Gasteiger partial charge on any atom is 0.00958 e. The largest absolute Gasteiger partial charge is 0.158 e. The summed E-state index contributed by atoms with van der Waals surface area (Å²) in [6.45, 7) is 0. The minimum absolute atomic E-state index is 0.702. The molecule has 0 radical (unpaired) electrons. The summed E-state index contributed by atoms with van der Waals surface area (Å²) >= 11 is 5.94. The zero-order chi connectivity index (χ0) is 9.15. The molecule has 0 aliphatic heterocycles. The highest BCUT2D eigenvalue weighted by molar-refractivity contribution is 9.09. The molecule has 0 unspecified atom stereocenters. The Hall–Kier alpha value is 0.830. The van der Waals surface area contributed by atoms with Gasteiger partial charge in [0.2, 0.25) is 0 Å². The minimum Gasteiger partial charge on any atom is -0.158 e. The van der Waals surface area contributed by atoms with Gasteiger partial charge in [-0.15, -0.1) is 0 Å². The Kier molecular flexibility index (Phi) is 3.64. The summed E-state index contributed by atoms with van der Waals surface area (Å²) in [5.74, 6) is 1.42. The molecular weight excluding hydrogens is 244 g/mol. The molecule has 13 heavy (non-hydrogen) atoms. The summed E-state index contributed by atoms with van der Waals surface area (Å²) in [5.41, 5.74) is 0.702. The second-order valence-corrected chi connectivity index (χ2v) is 6.55. The summed E-state index contributed by atoms with van der Waals surface area (Å²) < 4.78 is 0. The van der Waals surface area contributed by atoms with E-state index in [2.05, 4.69) is 27.7 Å². The van der Waals surface area contributed by atoms with E-state index in [1.165, 1.54) is 56.0 Å². The number of halogens is 1. The molecule has 0 aromatic carbocycles. The highest BCUT2D eigenvalue weighted by Crippen LogP contribution is 2.46. The van der Waals surface area contributed by atoms with Crippen LogP contribution in [-0.2, 0) is 0 Å². The van der Waals surface area contributed by atoms with Gasteiger partial charge in [0.15, 0.2) is 0 Å². The number of hydrogen-bond acceptors (Lipinski definition) is 1. The van der Waals surface area contributed by atoms with Crippen molar-refractivity contribution in [1.29, 1.82) is 0 Å². The quantitative estimate of drug-likeness (QED) is 0.684. The van der Waals surface area contributed by atoms with Crippen molar-refractivity contribution in [3.63, 3.8) is 0 Å². The Morgan fingerprint density at radius 2 is 1.85 bits per heavy atom. The fourth-order valence-corrected chi connectivity index (χ4v) is 5.01. The van der Waals surface area contributed by atoms with Crippen LogP contribution in [0.4, 0.5) is 0 Å². The molecule has 2 saturated carbocycles. The van der Waals surface area contributed by atoms with Crippen molar-refractivity contribution in [2.45, 2.75) is 50.2 Å². The first-order valence-electron chi connectivity index (χ1n) is 5.52. The lowest BCUT2D eigenvalue weighted by atomic mass is 9.72. The third kappa shape index (κ3) is 2.44. The van der Waals surface area contributed by atoms with Crippen LogP contribution in [0.15, 0.2) is 0 Å². The maximum atomic E-state index is 3.68. The van der Waals surface area contributed by atoms with E-state index in [9.17, 15) is 0 Å². The normalized spacial score (nSPS) is 27.5. The van der Waals surface area contributed by atoms with Crippen molar-refractivity contribution in [1.82, 2.24) is 0 Å². The lowest BCUT2D eigenvalue weighted by Crippen LogP contribution is -2.34. The first-order chi connectivity index (χ1) is 6.35. The van der Waals surface area contributed by atoms with Gasteiger partial charge in [0.25, 0.3) is 0 Å². The number of hydrogen-bond donors (Lipinski definition) is 0. The van der Waals surface area contributed by atoms with Gasteiger partial charge in [0, 0.05) is 10.6 Å². The third-order valence-electron chi connectivity index (χ3n) is 3.63. The van der Waals surface area contributed by atoms with Crippen LogP contribution >= 0.6 is 27.7 Å². The molecular formula is C11H19BrS. The molecule has 0 heterocycles. The van der Waals surface area contributed by atoms with Crippen LogP contribution in [0.3, 0.4) is 0 Å². The van der Waals surface area contributed by atoms with E-state index in [-0.39, 0.29) is 0 Å². The standard InChI is InChI=1S/C11H19BrS/c12-8-11(6-3-7-11)9-13-10-4-1-2-5-10/h10H,1-9H2. The molecule has 2 aliphatic carbocycles. The lowest BCUT2D eigenvalue weighted by molar-refractivity contribution is 0.206. The zero-order valence-electron chi connectivity index (χ0n) is 8.23. The Balaban J connectivity index is 1.71. The van der Waals surface area contributed by atoms with Gasteiger partial charge < -0.3 is 0 Å². The van der Waals surface area contributed by atoms with E-state index in [0.717, 1.165) is 5.25 Å². The molecule has 0 amide bonds. The van der Waals surface area contributed by atoms with Crippen LogP contribution in [-0.4, -0.2) is 16.3 Å². The third-order valence-corrected chi connectivity index (χ3v) is 6.54. The molecule has 0 aromatic heterocycles. The predicted octanol–water partition coefficient (Wildman–Crippen LogP) is 4.23. The van der Waals surface area contributed by atoms with Crippen molar-refractivity contribution in [2.75, 3.05) is 11.1 Å². The van der Waals surface area contributed by atoms with E-state index in [1.54, 1.807) is 0 Å². The number of thioether (sulfide) groups is 1. The van der Waals surface area contributed by atoms with Gasteiger partial charge >= 0.3 is 0 Å². The summed E-state index contributed by atoms with van der Waals surface area (Å²) in [4.78, 5) is 0. The van der Waals surface area contributed by atoms with E-state index < -0.39 is 0 Å². The van der Waals surface area contributed by atoms with Crippen LogP contribution in [0, 0.1) is 5.41 Å². The van der Waals surface area contributed by atoms with Gasteiger partial charge in [-0.1, -0.05) is 35.2 Å². The SMILES string of the molecule is BrCC1(CSC2CCCC2)CCC1. The molecule has 2 aliphatic rings. The predicted molar refractivity (Wildman–Crippen MR) is 64.8 cm³/mol. The summed E-state index contributed by atoms with van der Waals surface area (Å²) in [7, 11) is 0. The first-order valence-corrected chi connectivity index (χ1v) is 7.69. The summed E-state index contributed by atoms with van der Waals surface area (Å²) in [6.07, 6.45) is 10.4. The average molecular weight is 263 g/mol. The van der Waals surface area contributed by atoms with Crippen LogP contribution in [0.2, 0.25) is 0 Å². The van der Waals surface area contributed by atoms with Gasteiger partial charge in [0.1, 0.15) is 0 Å². The van der Waals surface area contributed by atoms with Gasteiger partial charge in [-0.2, -0.15) is 11.8 Å². The number of alkyl halides is 1. The minimum atomic E-state index is 0.702. The number of rotatable bonds is 4. The van der Waals surface area contributed by atoms with E-state index in [1.807, 2.05) is 0 Å². The van der Waals surface area contributed by atoms with Crippen LogP contribution in [0.25, 0.3) is 0 Å². The topological polar surface area (TPSA) is 0 Å². The van der Waals surface area contributed by atoms with E-state index in [4.69, 9.17) is 0 Å². The second kappa shape index (κ2) is 4.57. The summed E-state index contributed by atoms with van der Waals surface area (Å²) in [6, 6.07) is 0. The van der Waals surface area contributed by atoms with E-state index in [0.29, 0.717) is 5.41 Å². The van der Waals surface area contributed by atoms with Gasteiger partial charge in [0.05, 0.1) is 0 Å². The highest BCUT2D eigenvalue weighted by Gasteiger charge is 2.36. The molecule has 76 valence electrons.